The first kappa shape index (κ1) is 16.9. The van der Waals surface area contributed by atoms with Crippen molar-refractivity contribution in [2.45, 2.75) is 25.8 Å². The Kier molecular flexibility index (Phi) is 5.11. The number of carbonyl (C=O) groups excluding carboxylic acids is 2. The Morgan fingerprint density at radius 1 is 0.917 bits per heavy atom. The Balaban J connectivity index is 1.48. The average Bonchev–Trinajstić information content (AvgIpc) is 3.09. The van der Waals surface area contributed by atoms with E-state index in [0.717, 1.165) is 25.8 Å². The molecule has 0 aliphatic carbocycles. The van der Waals surface area contributed by atoms with Gasteiger partial charge in [-0.15, -0.1) is 11.3 Å². The lowest BCUT2D eigenvalue weighted by Crippen LogP contribution is -2.30. The SMILES string of the molecule is CN(C)Cc1ccc(CCCCN2C(=O)c3ccccc3C2=O)s1. The van der Waals surface area contributed by atoms with E-state index in [1.54, 1.807) is 24.3 Å². The second kappa shape index (κ2) is 7.28. The van der Waals surface area contributed by atoms with Crippen molar-refractivity contribution in [3.63, 3.8) is 0 Å². The third kappa shape index (κ3) is 3.57. The van der Waals surface area contributed by atoms with Crippen LogP contribution in [0.15, 0.2) is 36.4 Å². The maximum Gasteiger partial charge on any atom is 0.261 e. The highest BCUT2D eigenvalue weighted by Gasteiger charge is 2.34. The molecule has 0 saturated carbocycles. The fraction of sp³-hybridized carbons (Fsp3) is 0.368. The van der Waals surface area contributed by atoms with Crippen molar-refractivity contribution in [1.29, 1.82) is 0 Å². The number of carbonyl (C=O) groups is 2. The summed E-state index contributed by atoms with van der Waals surface area (Å²) in [6.07, 6.45) is 2.82. The predicted molar refractivity (Wildman–Crippen MR) is 96.5 cm³/mol. The molecule has 2 aromatic rings. The number of hydrogen-bond donors (Lipinski definition) is 0. The number of rotatable bonds is 7. The molecule has 0 unspecified atom stereocenters. The van der Waals surface area contributed by atoms with Gasteiger partial charge in [-0.3, -0.25) is 14.5 Å². The molecule has 0 fully saturated rings. The first-order valence-electron chi connectivity index (χ1n) is 8.24. The molecule has 2 heterocycles. The minimum atomic E-state index is -0.153. The standard InChI is InChI=1S/C19H22N2O2S/c1-20(2)13-15-11-10-14(24-15)7-5-6-12-21-18(22)16-8-3-4-9-17(16)19(21)23/h3-4,8-11H,5-7,12-13H2,1-2H3. The van der Waals surface area contributed by atoms with E-state index in [2.05, 4.69) is 31.1 Å². The quantitative estimate of drug-likeness (QED) is 0.572. The topological polar surface area (TPSA) is 40.6 Å². The number of unbranched alkanes of at least 4 members (excludes halogenated alkanes) is 1. The number of hydrogen-bond acceptors (Lipinski definition) is 4. The minimum Gasteiger partial charge on any atom is -0.304 e. The van der Waals surface area contributed by atoms with Gasteiger partial charge in [-0.05, 0) is 57.6 Å². The molecule has 126 valence electrons. The van der Waals surface area contributed by atoms with Crippen molar-refractivity contribution in [3.8, 4) is 0 Å². The molecule has 5 heteroatoms. The Morgan fingerprint density at radius 3 is 2.17 bits per heavy atom. The largest absolute Gasteiger partial charge is 0.304 e. The monoisotopic (exact) mass is 342 g/mol. The molecule has 0 atom stereocenters. The van der Waals surface area contributed by atoms with Gasteiger partial charge in [0.15, 0.2) is 0 Å². The van der Waals surface area contributed by atoms with Gasteiger partial charge in [0, 0.05) is 22.8 Å². The Morgan fingerprint density at radius 2 is 1.54 bits per heavy atom. The molecule has 0 N–H and O–H groups in total. The number of nitrogens with zero attached hydrogens (tertiary/aromatic N) is 2. The molecule has 0 radical (unpaired) electrons. The number of amides is 2. The van der Waals surface area contributed by atoms with Crippen LogP contribution in [-0.4, -0.2) is 42.3 Å². The van der Waals surface area contributed by atoms with Crippen LogP contribution in [0.2, 0.25) is 0 Å². The number of benzene rings is 1. The van der Waals surface area contributed by atoms with E-state index in [1.165, 1.54) is 14.7 Å². The molecular weight excluding hydrogens is 320 g/mol. The van der Waals surface area contributed by atoms with Crippen molar-refractivity contribution in [2.75, 3.05) is 20.6 Å². The maximum absolute atomic E-state index is 12.3. The van der Waals surface area contributed by atoms with E-state index in [1.807, 2.05) is 11.3 Å². The Labute approximate surface area is 146 Å². The highest BCUT2D eigenvalue weighted by Crippen LogP contribution is 2.23. The van der Waals surface area contributed by atoms with Gasteiger partial charge in [0.2, 0.25) is 0 Å². The third-order valence-corrected chi connectivity index (χ3v) is 5.25. The summed E-state index contributed by atoms with van der Waals surface area (Å²) >= 11 is 1.85. The van der Waals surface area contributed by atoms with Gasteiger partial charge in [-0.1, -0.05) is 12.1 Å². The van der Waals surface area contributed by atoms with Crippen molar-refractivity contribution in [2.24, 2.45) is 0 Å². The van der Waals surface area contributed by atoms with E-state index < -0.39 is 0 Å². The van der Waals surface area contributed by atoms with Crippen LogP contribution in [0.5, 0.6) is 0 Å². The summed E-state index contributed by atoms with van der Waals surface area (Å²) in [5.74, 6) is -0.306. The van der Waals surface area contributed by atoms with Crippen LogP contribution in [0.3, 0.4) is 0 Å². The molecule has 2 amide bonds. The van der Waals surface area contributed by atoms with Crippen LogP contribution in [0.4, 0.5) is 0 Å². The Hall–Kier alpha value is -1.98. The Bertz CT molecular complexity index is 716. The fourth-order valence-corrected chi connectivity index (χ4v) is 4.14. The summed E-state index contributed by atoms with van der Waals surface area (Å²) in [4.78, 5) is 30.9. The smallest absolute Gasteiger partial charge is 0.261 e. The highest BCUT2D eigenvalue weighted by atomic mass is 32.1. The first-order valence-corrected chi connectivity index (χ1v) is 9.05. The lowest BCUT2D eigenvalue weighted by molar-refractivity contribution is 0.0652. The van der Waals surface area contributed by atoms with Crippen molar-refractivity contribution in [3.05, 3.63) is 57.3 Å². The zero-order valence-electron chi connectivity index (χ0n) is 14.1. The third-order valence-electron chi connectivity index (χ3n) is 4.12. The van der Waals surface area contributed by atoms with Gasteiger partial charge in [0.1, 0.15) is 0 Å². The zero-order valence-corrected chi connectivity index (χ0v) is 14.9. The van der Waals surface area contributed by atoms with Crippen LogP contribution in [0.1, 0.15) is 43.3 Å². The molecule has 1 aliphatic rings. The van der Waals surface area contributed by atoms with Gasteiger partial charge in [-0.25, -0.2) is 0 Å². The number of thiophene rings is 1. The summed E-state index contributed by atoms with van der Waals surface area (Å²) in [7, 11) is 4.14. The number of fused-ring (bicyclic) bond motifs is 1. The molecular formula is C19H22N2O2S. The normalized spacial score (nSPS) is 13.9. The highest BCUT2D eigenvalue weighted by molar-refractivity contribution is 7.11. The van der Waals surface area contributed by atoms with Crippen LogP contribution >= 0.6 is 11.3 Å². The van der Waals surface area contributed by atoms with Gasteiger partial charge in [0.25, 0.3) is 11.8 Å². The van der Waals surface area contributed by atoms with Gasteiger partial charge >= 0.3 is 0 Å². The van der Waals surface area contributed by atoms with Crippen molar-refractivity contribution >= 4 is 23.2 Å². The zero-order chi connectivity index (χ0) is 17.1. The lowest BCUT2D eigenvalue weighted by Gasteiger charge is -2.13. The van der Waals surface area contributed by atoms with Crippen LogP contribution < -0.4 is 0 Å². The second-order valence-corrected chi connectivity index (χ2v) is 7.62. The van der Waals surface area contributed by atoms with Crippen LogP contribution in [-0.2, 0) is 13.0 Å². The van der Waals surface area contributed by atoms with Crippen LogP contribution in [0, 0.1) is 0 Å². The molecule has 1 aromatic carbocycles. The van der Waals surface area contributed by atoms with Gasteiger partial charge in [0.05, 0.1) is 11.1 Å². The summed E-state index contributed by atoms with van der Waals surface area (Å²) in [5, 5.41) is 0. The minimum absolute atomic E-state index is 0.153. The second-order valence-electron chi connectivity index (χ2n) is 6.37. The predicted octanol–water partition coefficient (Wildman–Crippen LogP) is 3.43. The van der Waals surface area contributed by atoms with Crippen molar-refractivity contribution in [1.82, 2.24) is 9.80 Å². The van der Waals surface area contributed by atoms with Crippen molar-refractivity contribution < 1.29 is 9.59 Å². The molecule has 0 bridgehead atoms. The van der Waals surface area contributed by atoms with E-state index in [9.17, 15) is 9.59 Å². The maximum atomic E-state index is 12.3. The van der Waals surface area contributed by atoms with Gasteiger partial charge < -0.3 is 4.90 Å². The molecule has 1 aromatic heterocycles. The first-order chi connectivity index (χ1) is 11.6. The fourth-order valence-electron chi connectivity index (χ4n) is 2.96. The molecule has 1 aliphatic heterocycles. The number of imide groups is 1. The molecule has 4 nitrogen and oxygen atoms in total. The average molecular weight is 342 g/mol. The molecule has 0 saturated heterocycles. The van der Waals surface area contributed by atoms with Crippen LogP contribution in [0.25, 0.3) is 0 Å². The lowest BCUT2D eigenvalue weighted by atomic mass is 10.1. The van der Waals surface area contributed by atoms with E-state index in [0.29, 0.717) is 17.7 Å². The number of aryl methyl sites for hydroxylation is 1. The summed E-state index contributed by atoms with van der Waals surface area (Å²) in [5.41, 5.74) is 1.07. The summed E-state index contributed by atoms with van der Waals surface area (Å²) < 4.78 is 0. The van der Waals surface area contributed by atoms with Gasteiger partial charge in [-0.2, -0.15) is 0 Å². The molecule has 0 spiro atoms. The molecule has 3 rings (SSSR count). The summed E-state index contributed by atoms with van der Waals surface area (Å²) in [6.45, 7) is 1.47. The summed E-state index contributed by atoms with van der Waals surface area (Å²) in [6, 6.07) is 11.4. The van der Waals surface area contributed by atoms with E-state index in [-0.39, 0.29) is 11.8 Å². The molecule has 24 heavy (non-hydrogen) atoms. The van der Waals surface area contributed by atoms with E-state index in [4.69, 9.17) is 0 Å². The van der Waals surface area contributed by atoms with E-state index >= 15 is 0 Å².